The summed E-state index contributed by atoms with van der Waals surface area (Å²) in [6.45, 7) is 10.0. The molecule has 2 rings (SSSR count). The van der Waals surface area contributed by atoms with Crippen LogP contribution >= 0.6 is 0 Å². The summed E-state index contributed by atoms with van der Waals surface area (Å²) in [5, 5.41) is 0. The number of benzene rings is 1. The van der Waals surface area contributed by atoms with E-state index in [-0.39, 0.29) is 12.6 Å². The average molecular weight is 415 g/mol. The summed E-state index contributed by atoms with van der Waals surface area (Å²) in [6, 6.07) is 0. The number of esters is 2. The molecule has 1 aliphatic heterocycles. The number of unbranched alkanes of at least 4 members (excludes halogenated alkanes) is 3. The molecule has 5 nitrogen and oxygen atoms in total. The number of hydrogen-bond donors (Lipinski definition) is 0. The predicted octanol–water partition coefficient (Wildman–Crippen LogP) is 6.00. The van der Waals surface area contributed by atoms with E-state index < -0.39 is 5.97 Å². The van der Waals surface area contributed by atoms with Crippen LogP contribution < -0.4 is 9.47 Å². The van der Waals surface area contributed by atoms with Crippen LogP contribution in [0, 0.1) is 6.92 Å². The van der Waals surface area contributed by atoms with Crippen molar-refractivity contribution in [3.8, 4) is 11.5 Å². The molecule has 0 N–H and O–H groups in total. The number of allylic oxidation sites excluding steroid dienone is 3. The van der Waals surface area contributed by atoms with Crippen LogP contribution in [0.2, 0.25) is 0 Å². The number of fused-ring (bicyclic) bond motifs is 1. The number of ether oxygens (including phenoxy) is 3. The second-order valence-corrected chi connectivity index (χ2v) is 7.76. The second-order valence-electron chi connectivity index (χ2n) is 7.76. The Morgan fingerprint density at radius 3 is 2.63 bits per heavy atom. The molecule has 0 spiro atoms. The Morgan fingerprint density at radius 1 is 1.20 bits per heavy atom. The van der Waals surface area contributed by atoms with Crippen LogP contribution in [0.1, 0.15) is 85.8 Å². The molecular formula is C25H34O5. The predicted molar refractivity (Wildman–Crippen MR) is 118 cm³/mol. The third-order valence-electron chi connectivity index (χ3n) is 5.47. The van der Waals surface area contributed by atoms with Crippen molar-refractivity contribution < 1.29 is 23.8 Å². The molecule has 0 atom stereocenters. The van der Waals surface area contributed by atoms with Gasteiger partial charge in [-0.3, -0.25) is 4.79 Å². The first-order chi connectivity index (χ1) is 14.4. The van der Waals surface area contributed by atoms with Crippen molar-refractivity contribution in [3.05, 3.63) is 46.6 Å². The van der Waals surface area contributed by atoms with Gasteiger partial charge in [0, 0.05) is 17.5 Å². The van der Waals surface area contributed by atoms with E-state index in [0.717, 1.165) is 49.7 Å². The first kappa shape index (κ1) is 23.7. The second kappa shape index (κ2) is 11.6. The first-order valence-electron chi connectivity index (χ1n) is 10.8. The van der Waals surface area contributed by atoms with Gasteiger partial charge >= 0.3 is 11.9 Å². The first-order valence-corrected chi connectivity index (χ1v) is 10.8. The maximum atomic E-state index is 12.6. The van der Waals surface area contributed by atoms with Gasteiger partial charge in [-0.15, -0.1) is 6.58 Å². The van der Waals surface area contributed by atoms with E-state index in [9.17, 15) is 9.59 Å². The van der Waals surface area contributed by atoms with Gasteiger partial charge in [0.05, 0.1) is 7.11 Å². The third kappa shape index (κ3) is 5.74. The lowest BCUT2D eigenvalue weighted by molar-refractivity contribution is -0.134. The summed E-state index contributed by atoms with van der Waals surface area (Å²) >= 11 is 0. The SMILES string of the molecule is C=CCC/C(C)=C/Cc1c(OC)c(C)c2c(c1OC(=O)CCCCCC)C(=O)OC2. The maximum Gasteiger partial charge on any atom is 0.342 e. The minimum absolute atomic E-state index is 0.173. The highest BCUT2D eigenvalue weighted by atomic mass is 16.6. The van der Waals surface area contributed by atoms with Crippen LogP contribution in [0.15, 0.2) is 24.3 Å². The molecule has 0 amide bonds. The summed E-state index contributed by atoms with van der Waals surface area (Å²) in [6.07, 6.45) is 10.6. The summed E-state index contributed by atoms with van der Waals surface area (Å²) in [7, 11) is 1.60. The summed E-state index contributed by atoms with van der Waals surface area (Å²) in [4.78, 5) is 25.0. The molecule has 0 aliphatic carbocycles. The number of rotatable bonds is 12. The fourth-order valence-corrected chi connectivity index (χ4v) is 3.69. The standard InChI is InChI=1S/C25H34O5/c1-6-8-10-11-13-21(26)30-24-19(15-14-17(3)12-9-7-2)23(28-5)18(4)20-16-29-25(27)22(20)24/h7,14H,2,6,8-13,15-16H2,1,3-5H3/b17-14+. The van der Waals surface area contributed by atoms with Gasteiger partial charge in [-0.05, 0) is 45.1 Å². The Hall–Kier alpha value is -2.56. The fourth-order valence-electron chi connectivity index (χ4n) is 3.69. The average Bonchev–Trinajstić information content (AvgIpc) is 3.12. The quantitative estimate of drug-likeness (QED) is 0.181. The molecule has 1 heterocycles. The van der Waals surface area contributed by atoms with E-state index >= 15 is 0 Å². The Morgan fingerprint density at radius 2 is 1.97 bits per heavy atom. The van der Waals surface area contributed by atoms with Gasteiger partial charge in [0.15, 0.2) is 5.75 Å². The summed E-state index contributed by atoms with van der Waals surface area (Å²) < 4.78 is 16.7. The van der Waals surface area contributed by atoms with Crippen molar-refractivity contribution in [2.45, 2.75) is 78.7 Å². The van der Waals surface area contributed by atoms with E-state index in [1.807, 2.05) is 13.0 Å². The van der Waals surface area contributed by atoms with Crippen molar-refractivity contribution in [1.82, 2.24) is 0 Å². The van der Waals surface area contributed by atoms with E-state index in [1.165, 1.54) is 5.57 Å². The Labute approximate surface area is 180 Å². The topological polar surface area (TPSA) is 61.8 Å². The largest absolute Gasteiger partial charge is 0.496 e. The van der Waals surface area contributed by atoms with Crippen LogP contribution in [-0.4, -0.2) is 19.0 Å². The van der Waals surface area contributed by atoms with Gasteiger partial charge < -0.3 is 14.2 Å². The molecule has 0 unspecified atom stereocenters. The van der Waals surface area contributed by atoms with Crippen LogP contribution in [0.25, 0.3) is 0 Å². The zero-order chi connectivity index (χ0) is 22.1. The van der Waals surface area contributed by atoms with Crippen molar-refractivity contribution in [2.24, 2.45) is 0 Å². The lowest BCUT2D eigenvalue weighted by atomic mass is 9.94. The maximum absolute atomic E-state index is 12.6. The molecule has 30 heavy (non-hydrogen) atoms. The lowest BCUT2D eigenvalue weighted by Gasteiger charge is -2.19. The van der Waals surface area contributed by atoms with Gasteiger partial charge in [0.2, 0.25) is 0 Å². The van der Waals surface area contributed by atoms with Gasteiger partial charge in [-0.2, -0.15) is 0 Å². The smallest absolute Gasteiger partial charge is 0.342 e. The molecular weight excluding hydrogens is 380 g/mol. The molecule has 0 fully saturated rings. The molecule has 0 radical (unpaired) electrons. The summed E-state index contributed by atoms with van der Waals surface area (Å²) in [5.41, 5.74) is 3.87. The van der Waals surface area contributed by atoms with Crippen LogP contribution in [0.4, 0.5) is 0 Å². The number of carbonyl (C=O) groups excluding carboxylic acids is 2. The number of hydrogen-bond acceptors (Lipinski definition) is 5. The highest BCUT2D eigenvalue weighted by molar-refractivity contribution is 5.99. The molecule has 1 aromatic carbocycles. The van der Waals surface area contributed by atoms with Crippen LogP contribution in [0.3, 0.4) is 0 Å². The van der Waals surface area contributed by atoms with Crippen molar-refractivity contribution in [2.75, 3.05) is 7.11 Å². The number of methoxy groups -OCH3 is 1. The number of carbonyl (C=O) groups is 2. The minimum Gasteiger partial charge on any atom is -0.496 e. The van der Waals surface area contributed by atoms with Gasteiger partial charge in [-0.25, -0.2) is 4.79 Å². The highest BCUT2D eigenvalue weighted by Gasteiger charge is 2.34. The molecule has 0 aromatic heterocycles. The van der Waals surface area contributed by atoms with Crippen molar-refractivity contribution in [1.29, 1.82) is 0 Å². The molecule has 0 bridgehead atoms. The Balaban J connectivity index is 2.41. The van der Waals surface area contributed by atoms with Gasteiger partial charge in [-0.1, -0.05) is 43.9 Å². The highest BCUT2D eigenvalue weighted by Crippen LogP contribution is 2.43. The Bertz CT molecular complexity index is 820. The zero-order valence-corrected chi connectivity index (χ0v) is 18.8. The molecule has 0 saturated carbocycles. The minimum atomic E-state index is -0.446. The normalized spacial score (nSPS) is 13.1. The van der Waals surface area contributed by atoms with E-state index in [4.69, 9.17) is 14.2 Å². The fraction of sp³-hybridized carbons (Fsp3) is 0.520. The lowest BCUT2D eigenvalue weighted by Crippen LogP contribution is -2.14. The molecule has 1 aliphatic rings. The van der Waals surface area contributed by atoms with E-state index in [2.05, 4.69) is 26.5 Å². The van der Waals surface area contributed by atoms with Crippen molar-refractivity contribution >= 4 is 11.9 Å². The molecule has 164 valence electrons. The van der Waals surface area contributed by atoms with E-state index in [0.29, 0.717) is 35.5 Å². The monoisotopic (exact) mass is 414 g/mol. The molecule has 1 aromatic rings. The van der Waals surface area contributed by atoms with Gasteiger partial charge in [0.25, 0.3) is 0 Å². The third-order valence-corrected chi connectivity index (χ3v) is 5.47. The van der Waals surface area contributed by atoms with Crippen LogP contribution in [-0.2, 0) is 22.6 Å². The van der Waals surface area contributed by atoms with E-state index in [1.54, 1.807) is 7.11 Å². The Kier molecular flexibility index (Phi) is 9.15. The van der Waals surface area contributed by atoms with Crippen LogP contribution in [0.5, 0.6) is 11.5 Å². The zero-order valence-electron chi connectivity index (χ0n) is 18.8. The molecule has 5 heteroatoms. The van der Waals surface area contributed by atoms with Crippen molar-refractivity contribution in [3.63, 3.8) is 0 Å². The molecule has 0 saturated heterocycles. The van der Waals surface area contributed by atoms with Gasteiger partial charge in [0.1, 0.15) is 17.9 Å². The number of cyclic esters (lactones) is 1. The summed E-state index contributed by atoms with van der Waals surface area (Å²) in [5.74, 6) is 0.169.